The molecule has 0 amide bonds. The smallest absolute Gasteiger partial charge is 0.0622 e. The Bertz CT molecular complexity index is 119. The third-order valence-corrected chi connectivity index (χ3v) is 2.32. The Labute approximate surface area is 68.5 Å². The zero-order valence-electron chi connectivity index (χ0n) is 7.00. The molecule has 0 aromatic heterocycles. The fraction of sp³-hybridized carbons (Fsp3) is 0.778. The van der Waals surface area contributed by atoms with Crippen molar-refractivity contribution in [2.24, 2.45) is 0 Å². The lowest BCUT2D eigenvalue weighted by atomic mass is 10.1. The van der Waals surface area contributed by atoms with Crippen LogP contribution in [0.1, 0.15) is 19.3 Å². The van der Waals surface area contributed by atoms with E-state index in [1.54, 1.807) is 0 Å². The molecule has 1 saturated heterocycles. The van der Waals surface area contributed by atoms with Crippen LogP contribution in [0, 0.1) is 0 Å². The first-order chi connectivity index (χ1) is 5.38. The first-order valence-electron chi connectivity index (χ1n) is 4.36. The average Bonchev–Trinajstić information content (AvgIpc) is 2.09. The molecule has 0 spiro atoms. The molecule has 1 atom stereocenters. The number of rotatable bonds is 3. The largest absolute Gasteiger partial charge is 0.394 e. The molecule has 1 rings (SSSR count). The summed E-state index contributed by atoms with van der Waals surface area (Å²) in [6, 6.07) is 0.190. The van der Waals surface area contributed by atoms with Gasteiger partial charge in [-0.1, -0.05) is 12.5 Å². The molecule has 0 bridgehead atoms. The Morgan fingerprint density at radius 1 is 1.36 bits per heavy atom. The van der Waals surface area contributed by atoms with E-state index < -0.39 is 0 Å². The minimum Gasteiger partial charge on any atom is -0.394 e. The monoisotopic (exact) mass is 155 g/mol. The second-order valence-electron chi connectivity index (χ2n) is 3.08. The fourth-order valence-electron chi connectivity index (χ4n) is 1.59. The topological polar surface area (TPSA) is 23.5 Å². The average molecular weight is 155 g/mol. The highest BCUT2D eigenvalue weighted by atomic mass is 16.3. The van der Waals surface area contributed by atoms with Crippen molar-refractivity contribution in [2.45, 2.75) is 25.3 Å². The summed E-state index contributed by atoms with van der Waals surface area (Å²) in [6.45, 7) is 6.16. The van der Waals surface area contributed by atoms with Crippen LogP contribution in [-0.4, -0.2) is 35.7 Å². The Morgan fingerprint density at radius 2 is 2.00 bits per heavy atom. The number of likely N-dealkylation sites (tertiary alicyclic amines) is 1. The van der Waals surface area contributed by atoms with E-state index >= 15 is 0 Å². The van der Waals surface area contributed by atoms with Crippen LogP contribution in [0.15, 0.2) is 12.7 Å². The molecule has 1 N–H and O–H groups in total. The first kappa shape index (κ1) is 8.75. The highest BCUT2D eigenvalue weighted by Crippen LogP contribution is 2.12. The Balaban J connectivity index is 2.35. The maximum Gasteiger partial charge on any atom is 0.0622 e. The van der Waals surface area contributed by atoms with E-state index in [9.17, 15) is 0 Å². The van der Waals surface area contributed by atoms with Crippen molar-refractivity contribution in [3.05, 3.63) is 12.7 Å². The van der Waals surface area contributed by atoms with Crippen molar-refractivity contribution in [3.8, 4) is 0 Å². The molecule has 1 fully saturated rings. The zero-order chi connectivity index (χ0) is 8.10. The highest BCUT2D eigenvalue weighted by molar-refractivity contribution is 4.88. The molecular formula is C9H17NO. The van der Waals surface area contributed by atoms with E-state index in [0.717, 1.165) is 13.1 Å². The van der Waals surface area contributed by atoms with E-state index in [1.807, 2.05) is 6.08 Å². The third-order valence-electron chi connectivity index (χ3n) is 2.32. The lowest BCUT2D eigenvalue weighted by molar-refractivity contribution is 0.132. The summed E-state index contributed by atoms with van der Waals surface area (Å²) in [6.07, 6.45) is 5.71. The van der Waals surface area contributed by atoms with E-state index in [0.29, 0.717) is 0 Å². The quantitative estimate of drug-likeness (QED) is 0.615. The van der Waals surface area contributed by atoms with Gasteiger partial charge in [-0.05, 0) is 25.9 Å². The maximum atomic E-state index is 8.97. The van der Waals surface area contributed by atoms with E-state index in [1.165, 1.54) is 19.3 Å². The van der Waals surface area contributed by atoms with Crippen LogP contribution in [0.5, 0.6) is 0 Å². The fourth-order valence-corrected chi connectivity index (χ4v) is 1.59. The number of aliphatic hydroxyl groups excluding tert-OH is 1. The number of nitrogens with zero attached hydrogens (tertiary/aromatic N) is 1. The molecule has 1 unspecified atom stereocenters. The molecule has 0 aromatic rings. The van der Waals surface area contributed by atoms with Crippen LogP contribution in [0.25, 0.3) is 0 Å². The third kappa shape index (κ3) is 2.31. The second kappa shape index (κ2) is 4.52. The van der Waals surface area contributed by atoms with Crippen molar-refractivity contribution in [3.63, 3.8) is 0 Å². The lowest BCUT2D eigenvalue weighted by Crippen LogP contribution is -2.39. The van der Waals surface area contributed by atoms with Gasteiger partial charge in [0.05, 0.1) is 12.6 Å². The normalized spacial score (nSPS) is 23.0. The zero-order valence-corrected chi connectivity index (χ0v) is 7.00. The minimum atomic E-state index is 0.190. The summed E-state index contributed by atoms with van der Waals surface area (Å²) in [5, 5.41) is 8.97. The summed E-state index contributed by atoms with van der Waals surface area (Å²) in [5.74, 6) is 0. The molecule has 2 nitrogen and oxygen atoms in total. The second-order valence-corrected chi connectivity index (χ2v) is 3.08. The molecule has 1 aliphatic heterocycles. The molecule has 0 aliphatic carbocycles. The van der Waals surface area contributed by atoms with Gasteiger partial charge in [-0.25, -0.2) is 0 Å². The van der Waals surface area contributed by atoms with E-state index in [2.05, 4.69) is 11.5 Å². The summed E-state index contributed by atoms with van der Waals surface area (Å²) in [7, 11) is 0. The lowest BCUT2D eigenvalue weighted by Gasteiger charge is -2.31. The van der Waals surface area contributed by atoms with Gasteiger partial charge in [0.2, 0.25) is 0 Å². The van der Waals surface area contributed by atoms with Gasteiger partial charge in [0.25, 0.3) is 0 Å². The van der Waals surface area contributed by atoms with Gasteiger partial charge in [0.1, 0.15) is 0 Å². The maximum absolute atomic E-state index is 8.97. The molecule has 64 valence electrons. The predicted octanol–water partition coefficient (Wildman–Crippen LogP) is 1.02. The highest BCUT2D eigenvalue weighted by Gasteiger charge is 2.16. The predicted molar refractivity (Wildman–Crippen MR) is 46.5 cm³/mol. The summed E-state index contributed by atoms with van der Waals surface area (Å²) in [4.78, 5) is 2.30. The molecule has 0 radical (unpaired) electrons. The van der Waals surface area contributed by atoms with Gasteiger partial charge in [-0.2, -0.15) is 0 Å². The van der Waals surface area contributed by atoms with E-state index in [-0.39, 0.29) is 12.6 Å². The molecule has 2 heteroatoms. The molecule has 1 heterocycles. The first-order valence-corrected chi connectivity index (χ1v) is 4.36. The molecule has 0 saturated carbocycles. The van der Waals surface area contributed by atoms with Crippen molar-refractivity contribution >= 4 is 0 Å². The molecule has 0 aromatic carbocycles. The summed E-state index contributed by atoms with van der Waals surface area (Å²) >= 11 is 0. The van der Waals surface area contributed by atoms with E-state index in [4.69, 9.17) is 5.11 Å². The van der Waals surface area contributed by atoms with Crippen molar-refractivity contribution in [1.29, 1.82) is 0 Å². The molecular weight excluding hydrogens is 138 g/mol. The van der Waals surface area contributed by atoms with Gasteiger partial charge >= 0.3 is 0 Å². The van der Waals surface area contributed by atoms with Gasteiger partial charge in [0.15, 0.2) is 0 Å². The number of hydrogen-bond acceptors (Lipinski definition) is 2. The summed E-state index contributed by atoms with van der Waals surface area (Å²) in [5.41, 5.74) is 0. The van der Waals surface area contributed by atoms with Crippen LogP contribution in [0.4, 0.5) is 0 Å². The minimum absolute atomic E-state index is 0.190. The molecule has 1 aliphatic rings. The Kier molecular flexibility index (Phi) is 3.60. The van der Waals surface area contributed by atoms with Gasteiger partial charge < -0.3 is 5.11 Å². The Morgan fingerprint density at radius 3 is 2.45 bits per heavy atom. The van der Waals surface area contributed by atoms with Crippen LogP contribution in [0.2, 0.25) is 0 Å². The van der Waals surface area contributed by atoms with Crippen LogP contribution in [0.3, 0.4) is 0 Å². The summed E-state index contributed by atoms with van der Waals surface area (Å²) < 4.78 is 0. The van der Waals surface area contributed by atoms with Crippen LogP contribution < -0.4 is 0 Å². The van der Waals surface area contributed by atoms with Crippen LogP contribution >= 0.6 is 0 Å². The van der Waals surface area contributed by atoms with Crippen LogP contribution in [-0.2, 0) is 0 Å². The Hall–Kier alpha value is -0.340. The number of aliphatic hydroxyl groups is 1. The van der Waals surface area contributed by atoms with Gasteiger partial charge in [-0.3, -0.25) is 4.90 Å². The number of piperidine rings is 1. The molecule has 11 heavy (non-hydrogen) atoms. The standard InChI is InChI=1S/C9H17NO/c1-2-9(8-11)10-6-4-3-5-7-10/h2,9,11H,1,3-8H2. The van der Waals surface area contributed by atoms with Gasteiger partial charge in [-0.15, -0.1) is 6.58 Å². The number of hydrogen-bond donors (Lipinski definition) is 1. The van der Waals surface area contributed by atoms with Gasteiger partial charge in [0, 0.05) is 0 Å². The van der Waals surface area contributed by atoms with Crippen molar-refractivity contribution in [1.82, 2.24) is 4.90 Å². The SMILES string of the molecule is C=CC(CO)N1CCCCC1. The van der Waals surface area contributed by atoms with Crippen molar-refractivity contribution in [2.75, 3.05) is 19.7 Å². The van der Waals surface area contributed by atoms with Crippen molar-refractivity contribution < 1.29 is 5.11 Å².